The Kier molecular flexibility index (Phi) is 6.43. The summed E-state index contributed by atoms with van der Waals surface area (Å²) in [5.74, 6) is 0.298. The van der Waals surface area contributed by atoms with Gasteiger partial charge in [0.05, 0.1) is 12.2 Å². The van der Waals surface area contributed by atoms with Crippen molar-refractivity contribution >= 4 is 0 Å². The predicted molar refractivity (Wildman–Crippen MR) is 79.6 cm³/mol. The number of ether oxygens (including phenoxy) is 2. The van der Waals surface area contributed by atoms with Crippen LogP contribution in [0, 0.1) is 5.82 Å². The Morgan fingerprint density at radius 1 is 1.25 bits per heavy atom. The maximum absolute atomic E-state index is 13.5. The molecule has 0 unspecified atom stereocenters. The summed E-state index contributed by atoms with van der Waals surface area (Å²) < 4.78 is 24.5. The van der Waals surface area contributed by atoms with Gasteiger partial charge in [-0.25, -0.2) is 4.39 Å². The molecule has 3 nitrogen and oxygen atoms in total. The minimum Gasteiger partial charge on any atom is -0.493 e. The van der Waals surface area contributed by atoms with Crippen molar-refractivity contribution in [2.75, 3.05) is 13.7 Å². The second-order valence-corrected chi connectivity index (χ2v) is 5.89. The zero-order valence-electron chi connectivity index (χ0n) is 13.1. The fourth-order valence-electron chi connectivity index (χ4n) is 1.64. The summed E-state index contributed by atoms with van der Waals surface area (Å²) in [6.45, 7) is 9.25. The van der Waals surface area contributed by atoms with Crippen molar-refractivity contribution in [2.45, 2.75) is 52.3 Å². The van der Waals surface area contributed by atoms with Gasteiger partial charge in [0.1, 0.15) is 11.6 Å². The SMILES string of the molecule is COC(C)(C)CCOc1cc(F)cc(CNC(C)C)c1. The standard InChI is InChI=1S/C16H26FNO2/c1-12(2)18-11-13-8-14(17)10-15(9-13)20-7-6-16(3,4)19-5/h8-10,12,18H,6-7,11H2,1-5H3. The van der Waals surface area contributed by atoms with Gasteiger partial charge >= 0.3 is 0 Å². The molecule has 0 radical (unpaired) electrons. The monoisotopic (exact) mass is 283 g/mol. The molecule has 0 atom stereocenters. The third kappa shape index (κ3) is 6.35. The first-order valence-corrected chi connectivity index (χ1v) is 7.03. The van der Waals surface area contributed by atoms with Crippen LogP contribution in [-0.2, 0) is 11.3 Å². The van der Waals surface area contributed by atoms with Crippen molar-refractivity contribution in [3.8, 4) is 5.75 Å². The average Bonchev–Trinajstić information content (AvgIpc) is 2.35. The molecule has 0 spiro atoms. The van der Waals surface area contributed by atoms with Crippen LogP contribution in [-0.4, -0.2) is 25.4 Å². The molecule has 1 aromatic carbocycles. The summed E-state index contributed by atoms with van der Waals surface area (Å²) in [6.07, 6.45) is 0.750. The fraction of sp³-hybridized carbons (Fsp3) is 0.625. The maximum atomic E-state index is 13.5. The second-order valence-electron chi connectivity index (χ2n) is 5.89. The van der Waals surface area contributed by atoms with Crippen molar-refractivity contribution in [1.82, 2.24) is 5.32 Å². The zero-order valence-corrected chi connectivity index (χ0v) is 13.1. The van der Waals surface area contributed by atoms with Crippen molar-refractivity contribution in [2.24, 2.45) is 0 Å². The molecule has 1 rings (SSSR count). The highest BCUT2D eigenvalue weighted by molar-refractivity contribution is 5.29. The molecule has 0 saturated heterocycles. The lowest BCUT2D eigenvalue weighted by Crippen LogP contribution is -2.25. The molecule has 0 fully saturated rings. The average molecular weight is 283 g/mol. The van der Waals surface area contributed by atoms with Gasteiger partial charge in [-0.3, -0.25) is 0 Å². The number of halogens is 1. The van der Waals surface area contributed by atoms with Gasteiger partial charge in [-0.2, -0.15) is 0 Å². The van der Waals surface area contributed by atoms with E-state index in [4.69, 9.17) is 9.47 Å². The molecule has 0 bridgehead atoms. The van der Waals surface area contributed by atoms with E-state index in [0.717, 1.165) is 12.0 Å². The summed E-state index contributed by atoms with van der Waals surface area (Å²) in [4.78, 5) is 0. The van der Waals surface area contributed by atoms with Crippen LogP contribution in [0.15, 0.2) is 18.2 Å². The van der Waals surface area contributed by atoms with E-state index >= 15 is 0 Å². The van der Waals surface area contributed by atoms with Crippen molar-refractivity contribution < 1.29 is 13.9 Å². The van der Waals surface area contributed by atoms with Gasteiger partial charge < -0.3 is 14.8 Å². The number of hydrogen-bond acceptors (Lipinski definition) is 3. The minimum atomic E-state index is -0.269. The van der Waals surface area contributed by atoms with E-state index in [1.165, 1.54) is 12.1 Å². The third-order valence-electron chi connectivity index (χ3n) is 3.17. The fourth-order valence-corrected chi connectivity index (χ4v) is 1.64. The van der Waals surface area contributed by atoms with Gasteiger partial charge in [-0.1, -0.05) is 13.8 Å². The third-order valence-corrected chi connectivity index (χ3v) is 3.17. The molecule has 0 saturated carbocycles. The molecule has 0 heterocycles. The Bertz CT molecular complexity index is 419. The Hall–Kier alpha value is -1.13. The molecule has 0 aliphatic heterocycles. The Balaban J connectivity index is 2.57. The van der Waals surface area contributed by atoms with Crippen LogP contribution in [0.1, 0.15) is 39.7 Å². The molecule has 0 aliphatic rings. The lowest BCUT2D eigenvalue weighted by Gasteiger charge is -2.22. The number of methoxy groups -OCH3 is 1. The summed E-state index contributed by atoms with van der Waals surface area (Å²) in [5.41, 5.74) is 0.662. The van der Waals surface area contributed by atoms with Crippen LogP contribution in [0.4, 0.5) is 4.39 Å². The van der Waals surface area contributed by atoms with Gasteiger partial charge in [0.25, 0.3) is 0 Å². The van der Waals surface area contributed by atoms with E-state index in [0.29, 0.717) is 24.9 Å². The molecule has 20 heavy (non-hydrogen) atoms. The van der Waals surface area contributed by atoms with Gasteiger partial charge in [-0.05, 0) is 31.5 Å². The minimum absolute atomic E-state index is 0.227. The topological polar surface area (TPSA) is 30.5 Å². The zero-order chi connectivity index (χ0) is 15.2. The first-order chi connectivity index (χ1) is 9.32. The van der Waals surface area contributed by atoms with Gasteiger partial charge in [0.15, 0.2) is 0 Å². The molecule has 1 aromatic rings. The number of benzene rings is 1. The molecule has 0 amide bonds. The molecule has 114 valence electrons. The van der Waals surface area contributed by atoms with Crippen LogP contribution in [0.5, 0.6) is 5.75 Å². The van der Waals surface area contributed by atoms with Crippen LogP contribution < -0.4 is 10.1 Å². The molecular formula is C16H26FNO2. The first-order valence-electron chi connectivity index (χ1n) is 7.03. The van der Waals surface area contributed by atoms with Crippen molar-refractivity contribution in [1.29, 1.82) is 0 Å². The predicted octanol–water partition coefficient (Wildman–Crippen LogP) is 3.52. The lowest BCUT2D eigenvalue weighted by molar-refractivity contribution is 0.00543. The quantitative estimate of drug-likeness (QED) is 0.792. The number of nitrogens with one attached hydrogen (secondary N) is 1. The van der Waals surface area contributed by atoms with Crippen LogP contribution >= 0.6 is 0 Å². The van der Waals surface area contributed by atoms with E-state index in [1.54, 1.807) is 7.11 Å². The molecular weight excluding hydrogens is 257 g/mol. The Morgan fingerprint density at radius 3 is 2.55 bits per heavy atom. The van der Waals surface area contributed by atoms with Gasteiger partial charge in [0.2, 0.25) is 0 Å². The van der Waals surface area contributed by atoms with Crippen LogP contribution in [0.25, 0.3) is 0 Å². The smallest absolute Gasteiger partial charge is 0.127 e. The molecule has 0 aliphatic carbocycles. The maximum Gasteiger partial charge on any atom is 0.127 e. The van der Waals surface area contributed by atoms with Gasteiger partial charge in [-0.15, -0.1) is 0 Å². The van der Waals surface area contributed by atoms with Crippen molar-refractivity contribution in [3.05, 3.63) is 29.6 Å². The first kappa shape index (κ1) is 16.9. The molecule has 4 heteroatoms. The van der Waals surface area contributed by atoms with E-state index < -0.39 is 0 Å². The van der Waals surface area contributed by atoms with E-state index in [9.17, 15) is 4.39 Å². The lowest BCUT2D eigenvalue weighted by atomic mass is 10.1. The van der Waals surface area contributed by atoms with E-state index in [2.05, 4.69) is 19.2 Å². The second kappa shape index (κ2) is 7.60. The highest BCUT2D eigenvalue weighted by atomic mass is 19.1. The summed E-state index contributed by atoms with van der Waals surface area (Å²) in [7, 11) is 1.68. The van der Waals surface area contributed by atoms with Crippen LogP contribution in [0.3, 0.4) is 0 Å². The summed E-state index contributed by atoms with van der Waals surface area (Å²) >= 11 is 0. The van der Waals surface area contributed by atoms with Gasteiger partial charge in [0, 0.05) is 32.2 Å². The Morgan fingerprint density at radius 2 is 1.95 bits per heavy atom. The highest BCUT2D eigenvalue weighted by Gasteiger charge is 2.16. The normalized spacial score (nSPS) is 11.9. The molecule has 1 N–H and O–H groups in total. The number of hydrogen-bond donors (Lipinski definition) is 1. The Labute approximate surface area is 121 Å². The van der Waals surface area contributed by atoms with E-state index in [1.807, 2.05) is 19.9 Å². The summed E-state index contributed by atoms with van der Waals surface area (Å²) in [5, 5.41) is 3.26. The summed E-state index contributed by atoms with van der Waals surface area (Å²) in [6, 6.07) is 5.18. The highest BCUT2D eigenvalue weighted by Crippen LogP contribution is 2.19. The largest absolute Gasteiger partial charge is 0.493 e. The van der Waals surface area contributed by atoms with Crippen LogP contribution in [0.2, 0.25) is 0 Å². The van der Waals surface area contributed by atoms with Crippen molar-refractivity contribution in [3.63, 3.8) is 0 Å². The molecule has 0 aromatic heterocycles. The van der Waals surface area contributed by atoms with E-state index in [-0.39, 0.29) is 11.4 Å². The number of rotatable bonds is 8.